The highest BCUT2D eigenvalue weighted by molar-refractivity contribution is 5.27. The Labute approximate surface area is 129 Å². The highest BCUT2D eigenvalue weighted by atomic mass is 16.5. The molecule has 1 heterocycles. The number of imidazole rings is 1. The van der Waals surface area contributed by atoms with Crippen molar-refractivity contribution < 1.29 is 4.74 Å². The average molecular weight is 296 g/mol. The maximum Gasteiger partial charge on any atom is 0.203 e. The molecule has 1 atom stereocenters. The summed E-state index contributed by atoms with van der Waals surface area (Å²) in [6.45, 7) is 10.1. The fourth-order valence-corrected chi connectivity index (χ4v) is 2.48. The Hall–Kier alpha value is -1.07. The molecular weight excluding hydrogens is 264 g/mol. The van der Waals surface area contributed by atoms with Crippen molar-refractivity contribution >= 4 is 5.95 Å². The van der Waals surface area contributed by atoms with Crippen LogP contribution in [0.1, 0.15) is 33.6 Å². The van der Waals surface area contributed by atoms with Gasteiger partial charge in [0.15, 0.2) is 0 Å². The summed E-state index contributed by atoms with van der Waals surface area (Å²) in [5, 5.41) is 3.60. The summed E-state index contributed by atoms with van der Waals surface area (Å²) in [7, 11) is 4.23. The molecule has 0 saturated carbocycles. The summed E-state index contributed by atoms with van der Waals surface area (Å²) in [6.07, 6.45) is 6.06. The summed E-state index contributed by atoms with van der Waals surface area (Å²) >= 11 is 0. The van der Waals surface area contributed by atoms with E-state index >= 15 is 0 Å². The zero-order valence-electron chi connectivity index (χ0n) is 14.3. The highest BCUT2D eigenvalue weighted by Gasteiger charge is 2.14. The standard InChI is InChI=1S/C16H32N4O/c1-6-21-11-7-9-20-10-8-17-16(20)18-15(12-14(2)3)13-19(4)5/h8,10,14-15H,6-7,9,11-13H2,1-5H3,(H,17,18). The van der Waals surface area contributed by atoms with Gasteiger partial charge in [-0.15, -0.1) is 0 Å². The number of nitrogens with one attached hydrogen (secondary N) is 1. The molecule has 1 unspecified atom stereocenters. The second-order valence-electron chi connectivity index (χ2n) is 6.23. The van der Waals surface area contributed by atoms with Gasteiger partial charge < -0.3 is 19.5 Å². The molecule has 1 N–H and O–H groups in total. The zero-order chi connectivity index (χ0) is 15.7. The SMILES string of the molecule is CCOCCCn1ccnc1NC(CC(C)C)CN(C)C. The normalized spacial score (nSPS) is 13.1. The van der Waals surface area contributed by atoms with Gasteiger partial charge in [-0.25, -0.2) is 4.98 Å². The van der Waals surface area contributed by atoms with Gasteiger partial charge in [0.05, 0.1) is 0 Å². The molecule has 1 rings (SSSR count). The zero-order valence-corrected chi connectivity index (χ0v) is 14.3. The van der Waals surface area contributed by atoms with E-state index in [2.05, 4.69) is 47.7 Å². The van der Waals surface area contributed by atoms with Crippen LogP contribution in [0.15, 0.2) is 12.4 Å². The van der Waals surface area contributed by atoms with Gasteiger partial charge in [0.1, 0.15) is 0 Å². The topological polar surface area (TPSA) is 42.3 Å². The van der Waals surface area contributed by atoms with Gasteiger partial charge in [-0.3, -0.25) is 0 Å². The maximum atomic E-state index is 5.40. The fraction of sp³-hybridized carbons (Fsp3) is 0.812. The van der Waals surface area contributed by atoms with Crippen LogP contribution in [0.4, 0.5) is 5.95 Å². The van der Waals surface area contributed by atoms with Crippen LogP contribution in [-0.2, 0) is 11.3 Å². The molecule has 5 nitrogen and oxygen atoms in total. The molecule has 21 heavy (non-hydrogen) atoms. The van der Waals surface area contributed by atoms with E-state index < -0.39 is 0 Å². The lowest BCUT2D eigenvalue weighted by atomic mass is 10.0. The Balaban J connectivity index is 2.55. The Morgan fingerprint density at radius 1 is 1.38 bits per heavy atom. The van der Waals surface area contributed by atoms with Gasteiger partial charge in [0.25, 0.3) is 0 Å². The number of nitrogens with zero attached hydrogens (tertiary/aromatic N) is 3. The van der Waals surface area contributed by atoms with Crippen LogP contribution < -0.4 is 5.32 Å². The van der Waals surface area contributed by atoms with Crippen molar-refractivity contribution in [1.82, 2.24) is 14.5 Å². The van der Waals surface area contributed by atoms with Crippen molar-refractivity contribution in [2.75, 3.05) is 39.2 Å². The molecule has 1 aromatic heterocycles. The van der Waals surface area contributed by atoms with Crippen LogP contribution in [0.3, 0.4) is 0 Å². The van der Waals surface area contributed by atoms with Gasteiger partial charge >= 0.3 is 0 Å². The van der Waals surface area contributed by atoms with Crippen molar-refractivity contribution in [3.8, 4) is 0 Å². The minimum Gasteiger partial charge on any atom is -0.382 e. The third-order valence-corrected chi connectivity index (χ3v) is 3.28. The molecule has 0 aliphatic rings. The predicted molar refractivity (Wildman–Crippen MR) is 88.8 cm³/mol. The molecule has 0 aromatic carbocycles. The molecule has 0 saturated heterocycles. The van der Waals surface area contributed by atoms with Gasteiger partial charge in [-0.05, 0) is 39.8 Å². The molecule has 122 valence electrons. The van der Waals surface area contributed by atoms with Crippen molar-refractivity contribution in [1.29, 1.82) is 0 Å². The summed E-state index contributed by atoms with van der Waals surface area (Å²) in [4.78, 5) is 6.69. The second-order valence-corrected chi connectivity index (χ2v) is 6.23. The Bertz CT molecular complexity index is 366. The molecule has 0 bridgehead atoms. The molecule has 1 aromatic rings. The van der Waals surface area contributed by atoms with Gasteiger partial charge in [-0.2, -0.15) is 0 Å². The van der Waals surface area contributed by atoms with Crippen LogP contribution in [0.2, 0.25) is 0 Å². The number of anilines is 1. The Morgan fingerprint density at radius 3 is 2.76 bits per heavy atom. The summed E-state index contributed by atoms with van der Waals surface area (Å²) in [6, 6.07) is 0.424. The minimum absolute atomic E-state index is 0.424. The summed E-state index contributed by atoms with van der Waals surface area (Å²) in [5.74, 6) is 1.64. The molecule has 0 aliphatic heterocycles. The second kappa shape index (κ2) is 9.79. The number of aryl methyl sites for hydroxylation is 1. The van der Waals surface area contributed by atoms with E-state index in [1.807, 2.05) is 19.3 Å². The lowest BCUT2D eigenvalue weighted by Gasteiger charge is -2.24. The molecular formula is C16H32N4O. The summed E-state index contributed by atoms with van der Waals surface area (Å²) in [5.41, 5.74) is 0. The van der Waals surface area contributed by atoms with Gasteiger partial charge in [-0.1, -0.05) is 13.8 Å². The molecule has 0 spiro atoms. The Morgan fingerprint density at radius 2 is 2.14 bits per heavy atom. The maximum absolute atomic E-state index is 5.40. The van der Waals surface area contributed by atoms with Crippen LogP contribution in [0, 0.1) is 5.92 Å². The van der Waals surface area contributed by atoms with Crippen LogP contribution >= 0.6 is 0 Å². The van der Waals surface area contributed by atoms with Gasteiger partial charge in [0.2, 0.25) is 5.95 Å². The first kappa shape index (κ1) is 18.0. The van der Waals surface area contributed by atoms with E-state index in [0.717, 1.165) is 45.1 Å². The van der Waals surface area contributed by atoms with Gasteiger partial charge in [0, 0.05) is 44.7 Å². The van der Waals surface area contributed by atoms with Crippen LogP contribution in [-0.4, -0.2) is 54.3 Å². The monoisotopic (exact) mass is 296 g/mol. The number of hydrogen-bond acceptors (Lipinski definition) is 4. The molecule has 5 heteroatoms. The first-order valence-electron chi connectivity index (χ1n) is 8.03. The van der Waals surface area contributed by atoms with E-state index in [0.29, 0.717) is 12.0 Å². The molecule has 0 radical (unpaired) electrons. The molecule has 0 amide bonds. The smallest absolute Gasteiger partial charge is 0.203 e. The first-order chi connectivity index (χ1) is 10.0. The third kappa shape index (κ3) is 7.48. The predicted octanol–water partition coefficient (Wildman–Crippen LogP) is 2.70. The highest BCUT2D eigenvalue weighted by Crippen LogP contribution is 2.13. The van der Waals surface area contributed by atoms with Crippen molar-refractivity contribution in [2.45, 2.75) is 46.2 Å². The third-order valence-electron chi connectivity index (χ3n) is 3.28. The quantitative estimate of drug-likeness (QED) is 0.638. The van der Waals surface area contributed by atoms with Crippen LogP contribution in [0.5, 0.6) is 0 Å². The summed E-state index contributed by atoms with van der Waals surface area (Å²) < 4.78 is 7.58. The number of ether oxygens (including phenoxy) is 1. The average Bonchev–Trinajstić information content (AvgIpc) is 2.80. The van der Waals surface area contributed by atoms with Crippen molar-refractivity contribution in [3.05, 3.63) is 12.4 Å². The Kier molecular flexibility index (Phi) is 8.38. The number of rotatable bonds is 11. The lowest BCUT2D eigenvalue weighted by Crippen LogP contribution is -2.34. The van der Waals surface area contributed by atoms with Crippen LogP contribution in [0.25, 0.3) is 0 Å². The van der Waals surface area contributed by atoms with Crippen molar-refractivity contribution in [3.63, 3.8) is 0 Å². The molecule has 0 fully saturated rings. The number of likely N-dealkylation sites (N-methyl/N-ethyl adjacent to an activating group) is 1. The first-order valence-corrected chi connectivity index (χ1v) is 8.03. The van der Waals surface area contributed by atoms with Crippen molar-refractivity contribution in [2.24, 2.45) is 5.92 Å². The van der Waals surface area contributed by atoms with E-state index in [1.54, 1.807) is 0 Å². The lowest BCUT2D eigenvalue weighted by molar-refractivity contribution is 0.142. The molecule has 0 aliphatic carbocycles. The fourth-order valence-electron chi connectivity index (χ4n) is 2.48. The van der Waals surface area contributed by atoms with E-state index in [4.69, 9.17) is 4.74 Å². The van der Waals surface area contributed by atoms with E-state index in [9.17, 15) is 0 Å². The minimum atomic E-state index is 0.424. The van der Waals surface area contributed by atoms with E-state index in [1.165, 1.54) is 0 Å². The largest absolute Gasteiger partial charge is 0.382 e. The number of aromatic nitrogens is 2. The number of hydrogen-bond donors (Lipinski definition) is 1. The van der Waals surface area contributed by atoms with E-state index in [-0.39, 0.29) is 0 Å².